The van der Waals surface area contributed by atoms with E-state index in [1.54, 1.807) is 6.33 Å². The first-order valence-electron chi connectivity index (χ1n) is 8.45. The number of hydrogen-bond donors (Lipinski definition) is 0. The van der Waals surface area contributed by atoms with Crippen molar-refractivity contribution >= 4 is 11.9 Å². The molecular formula is C19H22N2O4. The minimum absolute atomic E-state index is 0.0300. The molecule has 1 heterocycles. The second-order valence-corrected chi connectivity index (χ2v) is 6.33. The zero-order chi connectivity index (χ0) is 17.8. The quantitative estimate of drug-likeness (QED) is 0.781. The summed E-state index contributed by atoms with van der Waals surface area (Å²) in [6, 6.07) is 9.88. The number of ether oxygens (including phenoxy) is 2. The van der Waals surface area contributed by atoms with Crippen LogP contribution in [0.1, 0.15) is 48.3 Å². The van der Waals surface area contributed by atoms with Crippen LogP contribution in [0.4, 0.5) is 0 Å². The van der Waals surface area contributed by atoms with E-state index in [1.165, 1.54) is 13.3 Å². The molecule has 132 valence electrons. The van der Waals surface area contributed by atoms with Gasteiger partial charge in [0.2, 0.25) is 0 Å². The third-order valence-electron chi connectivity index (χ3n) is 4.77. The fraction of sp³-hybridized carbons (Fsp3) is 0.421. The van der Waals surface area contributed by atoms with Gasteiger partial charge in [-0.2, -0.15) is 0 Å². The Morgan fingerprint density at radius 3 is 2.72 bits per heavy atom. The summed E-state index contributed by atoms with van der Waals surface area (Å²) in [5.74, 6) is -0.826. The largest absolute Gasteiger partial charge is 0.469 e. The highest BCUT2D eigenvalue weighted by Crippen LogP contribution is 2.29. The molecule has 0 radical (unpaired) electrons. The third kappa shape index (κ3) is 3.73. The lowest BCUT2D eigenvalue weighted by Crippen LogP contribution is -2.21. The smallest absolute Gasteiger partial charge is 0.356 e. The van der Waals surface area contributed by atoms with Crippen LogP contribution < -0.4 is 0 Å². The first-order valence-corrected chi connectivity index (χ1v) is 8.45. The molecule has 0 N–H and O–H groups in total. The summed E-state index contributed by atoms with van der Waals surface area (Å²) in [6.45, 7) is 2.01. The Balaban J connectivity index is 1.68. The summed E-state index contributed by atoms with van der Waals surface area (Å²) in [5, 5.41) is 0. The molecule has 0 aliphatic heterocycles. The Labute approximate surface area is 146 Å². The van der Waals surface area contributed by atoms with Crippen LogP contribution in [0.3, 0.4) is 0 Å². The lowest BCUT2D eigenvalue weighted by molar-refractivity contribution is -0.145. The van der Waals surface area contributed by atoms with E-state index in [2.05, 4.69) is 4.98 Å². The highest BCUT2D eigenvalue weighted by Gasteiger charge is 2.33. The normalized spacial score (nSPS) is 20.9. The van der Waals surface area contributed by atoms with Crippen LogP contribution in [0.15, 0.2) is 42.9 Å². The van der Waals surface area contributed by atoms with Gasteiger partial charge in [-0.1, -0.05) is 30.3 Å². The van der Waals surface area contributed by atoms with E-state index in [9.17, 15) is 9.59 Å². The Kier molecular flexibility index (Phi) is 5.16. The zero-order valence-electron chi connectivity index (χ0n) is 14.4. The number of carbonyl (C=O) groups is 2. The van der Waals surface area contributed by atoms with Crippen molar-refractivity contribution in [1.82, 2.24) is 9.55 Å². The minimum atomic E-state index is -0.407. The van der Waals surface area contributed by atoms with E-state index in [0.29, 0.717) is 25.0 Å². The van der Waals surface area contributed by atoms with Crippen LogP contribution >= 0.6 is 0 Å². The lowest BCUT2D eigenvalue weighted by atomic mass is 10.1. The van der Waals surface area contributed by atoms with Crippen LogP contribution in [0.25, 0.3) is 0 Å². The van der Waals surface area contributed by atoms with Crippen LogP contribution in [0, 0.1) is 5.92 Å². The van der Waals surface area contributed by atoms with Crippen molar-refractivity contribution < 1.29 is 19.1 Å². The van der Waals surface area contributed by atoms with Gasteiger partial charge in [0.25, 0.3) is 0 Å². The van der Waals surface area contributed by atoms with Crippen molar-refractivity contribution in [1.29, 1.82) is 0 Å². The van der Waals surface area contributed by atoms with Gasteiger partial charge in [-0.05, 0) is 31.7 Å². The molecular weight excluding hydrogens is 320 g/mol. The van der Waals surface area contributed by atoms with Crippen molar-refractivity contribution in [3.8, 4) is 0 Å². The lowest BCUT2D eigenvalue weighted by Gasteiger charge is -2.18. The number of imidazole rings is 1. The number of carbonyl (C=O) groups excluding carboxylic acids is 2. The number of nitrogens with zero attached hydrogens (tertiary/aromatic N) is 2. The number of methoxy groups -OCH3 is 1. The molecule has 6 heteroatoms. The molecule has 6 nitrogen and oxygen atoms in total. The van der Waals surface area contributed by atoms with Gasteiger partial charge in [-0.3, -0.25) is 4.79 Å². The van der Waals surface area contributed by atoms with E-state index >= 15 is 0 Å². The molecule has 1 aromatic heterocycles. The van der Waals surface area contributed by atoms with Crippen molar-refractivity contribution in [2.75, 3.05) is 7.11 Å². The fourth-order valence-electron chi connectivity index (χ4n) is 3.30. The second kappa shape index (κ2) is 7.51. The van der Waals surface area contributed by atoms with Gasteiger partial charge in [-0.25, -0.2) is 9.78 Å². The molecule has 1 aliphatic carbocycles. The molecule has 0 bridgehead atoms. The fourth-order valence-corrected chi connectivity index (χ4v) is 3.30. The number of benzene rings is 1. The average Bonchev–Trinajstić information content (AvgIpc) is 3.30. The molecule has 3 rings (SSSR count). The Morgan fingerprint density at radius 2 is 2.00 bits per heavy atom. The van der Waals surface area contributed by atoms with Crippen LogP contribution in [0.2, 0.25) is 0 Å². The summed E-state index contributed by atoms with van der Waals surface area (Å²) in [4.78, 5) is 28.3. The SMILES string of the molecule is COC(=O)C1CCC(OC(=O)c2cncn2C(C)c2ccccc2)C1. The van der Waals surface area contributed by atoms with Crippen molar-refractivity contribution in [2.45, 2.75) is 38.3 Å². The summed E-state index contributed by atoms with van der Waals surface area (Å²) in [6.07, 6.45) is 4.78. The number of hydrogen-bond acceptors (Lipinski definition) is 5. The van der Waals surface area contributed by atoms with Gasteiger partial charge in [-0.15, -0.1) is 0 Å². The van der Waals surface area contributed by atoms with E-state index in [1.807, 2.05) is 41.8 Å². The number of rotatable bonds is 5. The second-order valence-electron chi connectivity index (χ2n) is 6.33. The molecule has 3 atom stereocenters. The van der Waals surface area contributed by atoms with Crippen molar-refractivity contribution in [2.24, 2.45) is 5.92 Å². The van der Waals surface area contributed by atoms with Crippen LogP contribution in [0.5, 0.6) is 0 Å². The van der Waals surface area contributed by atoms with Crippen LogP contribution in [-0.2, 0) is 14.3 Å². The summed E-state index contributed by atoms with van der Waals surface area (Å²) in [5.41, 5.74) is 1.50. The molecule has 1 saturated carbocycles. The topological polar surface area (TPSA) is 70.4 Å². The van der Waals surface area contributed by atoms with E-state index in [4.69, 9.17) is 9.47 Å². The maximum Gasteiger partial charge on any atom is 0.356 e. The predicted octanol–water partition coefficient (Wildman–Crippen LogP) is 2.99. The van der Waals surface area contributed by atoms with Gasteiger partial charge in [0, 0.05) is 0 Å². The molecule has 3 unspecified atom stereocenters. The maximum absolute atomic E-state index is 12.6. The highest BCUT2D eigenvalue weighted by atomic mass is 16.5. The highest BCUT2D eigenvalue weighted by molar-refractivity contribution is 5.87. The molecule has 1 aromatic carbocycles. The molecule has 1 aliphatic rings. The van der Waals surface area contributed by atoms with Gasteiger partial charge < -0.3 is 14.0 Å². The van der Waals surface area contributed by atoms with E-state index in [-0.39, 0.29) is 24.0 Å². The molecule has 0 saturated heterocycles. The third-order valence-corrected chi connectivity index (χ3v) is 4.77. The van der Waals surface area contributed by atoms with Gasteiger partial charge in [0.1, 0.15) is 11.8 Å². The molecule has 2 aromatic rings. The van der Waals surface area contributed by atoms with E-state index < -0.39 is 5.97 Å². The standard InChI is InChI=1S/C19H22N2O4/c1-13(14-6-4-3-5-7-14)21-12-20-11-17(21)19(23)25-16-9-8-15(10-16)18(22)24-2/h3-7,11-13,15-16H,8-10H2,1-2H3. The zero-order valence-corrected chi connectivity index (χ0v) is 14.4. The Hall–Kier alpha value is -2.63. The first kappa shape index (κ1) is 17.2. The first-order chi connectivity index (χ1) is 12.1. The number of aromatic nitrogens is 2. The predicted molar refractivity (Wildman–Crippen MR) is 91.0 cm³/mol. The number of esters is 2. The maximum atomic E-state index is 12.6. The van der Waals surface area contributed by atoms with Gasteiger partial charge >= 0.3 is 11.9 Å². The van der Waals surface area contributed by atoms with E-state index in [0.717, 1.165) is 5.56 Å². The summed E-state index contributed by atoms with van der Waals surface area (Å²) >= 11 is 0. The molecule has 0 amide bonds. The molecule has 25 heavy (non-hydrogen) atoms. The Bertz CT molecular complexity index is 741. The van der Waals surface area contributed by atoms with Gasteiger partial charge in [0.05, 0.1) is 31.6 Å². The molecule has 1 fully saturated rings. The van der Waals surface area contributed by atoms with Crippen molar-refractivity contribution in [3.05, 3.63) is 54.1 Å². The monoisotopic (exact) mass is 342 g/mol. The Morgan fingerprint density at radius 1 is 1.24 bits per heavy atom. The molecule has 0 spiro atoms. The minimum Gasteiger partial charge on any atom is -0.469 e. The van der Waals surface area contributed by atoms with Crippen LogP contribution in [-0.4, -0.2) is 34.7 Å². The van der Waals surface area contributed by atoms with Gasteiger partial charge in [0.15, 0.2) is 0 Å². The average molecular weight is 342 g/mol. The van der Waals surface area contributed by atoms with Crippen molar-refractivity contribution in [3.63, 3.8) is 0 Å². The summed E-state index contributed by atoms with van der Waals surface area (Å²) in [7, 11) is 1.38. The summed E-state index contributed by atoms with van der Waals surface area (Å²) < 4.78 is 12.2.